The van der Waals surface area contributed by atoms with Gasteiger partial charge in [0.25, 0.3) is 0 Å². The lowest BCUT2D eigenvalue weighted by atomic mass is 10.1. The van der Waals surface area contributed by atoms with Gasteiger partial charge in [0.15, 0.2) is 0 Å². The van der Waals surface area contributed by atoms with Crippen LogP contribution in [0.4, 0.5) is 0 Å². The SMILES string of the molecule is CCCCS(=O)(=O)NCC(C)(C)N(C)C. The lowest BCUT2D eigenvalue weighted by molar-refractivity contribution is 0.199. The van der Waals surface area contributed by atoms with Crippen molar-refractivity contribution < 1.29 is 8.42 Å². The van der Waals surface area contributed by atoms with E-state index in [2.05, 4.69) is 4.72 Å². The highest BCUT2D eigenvalue weighted by Crippen LogP contribution is 2.08. The first-order valence-electron chi connectivity index (χ1n) is 5.36. The summed E-state index contributed by atoms with van der Waals surface area (Å²) in [6, 6.07) is 0. The first kappa shape index (κ1) is 14.9. The van der Waals surface area contributed by atoms with Crippen molar-refractivity contribution in [1.82, 2.24) is 9.62 Å². The molecule has 0 radical (unpaired) electrons. The number of unbranched alkanes of at least 4 members (excludes halogenated alkanes) is 1. The maximum Gasteiger partial charge on any atom is 0.211 e. The molecule has 92 valence electrons. The Morgan fingerprint density at radius 1 is 1.27 bits per heavy atom. The van der Waals surface area contributed by atoms with Crippen LogP contribution in [0.1, 0.15) is 33.6 Å². The van der Waals surface area contributed by atoms with Crippen LogP contribution < -0.4 is 4.72 Å². The van der Waals surface area contributed by atoms with Crippen molar-refractivity contribution in [2.45, 2.75) is 39.2 Å². The molecule has 0 rings (SSSR count). The fourth-order valence-corrected chi connectivity index (χ4v) is 2.24. The molecule has 0 fully saturated rings. The molecule has 0 aromatic heterocycles. The highest BCUT2D eigenvalue weighted by Gasteiger charge is 2.22. The third kappa shape index (κ3) is 6.12. The molecule has 0 amide bonds. The van der Waals surface area contributed by atoms with Crippen LogP contribution in [0.5, 0.6) is 0 Å². The molecule has 0 atom stereocenters. The average Bonchev–Trinajstić information content (AvgIpc) is 2.12. The highest BCUT2D eigenvalue weighted by atomic mass is 32.2. The minimum absolute atomic E-state index is 0.153. The summed E-state index contributed by atoms with van der Waals surface area (Å²) in [5.74, 6) is 0.229. The Hall–Kier alpha value is -0.130. The number of nitrogens with one attached hydrogen (secondary N) is 1. The van der Waals surface area contributed by atoms with Crippen LogP contribution in [0.2, 0.25) is 0 Å². The summed E-state index contributed by atoms with van der Waals surface area (Å²) in [4.78, 5) is 2.01. The molecule has 0 aliphatic rings. The lowest BCUT2D eigenvalue weighted by Crippen LogP contribution is -2.48. The molecule has 0 aliphatic carbocycles. The Labute approximate surface area is 94.1 Å². The zero-order chi connectivity index (χ0) is 12.1. The van der Waals surface area contributed by atoms with Crippen molar-refractivity contribution in [2.75, 3.05) is 26.4 Å². The summed E-state index contributed by atoms with van der Waals surface area (Å²) in [6.45, 7) is 6.45. The molecule has 0 aromatic carbocycles. The molecule has 0 bridgehead atoms. The van der Waals surface area contributed by atoms with Crippen molar-refractivity contribution in [2.24, 2.45) is 0 Å². The number of rotatable bonds is 7. The second kappa shape index (κ2) is 5.82. The second-order valence-corrected chi connectivity index (χ2v) is 6.63. The standard InChI is InChI=1S/C10H24N2O2S/c1-6-7-8-15(13,14)11-9-10(2,3)12(4)5/h11H,6-9H2,1-5H3. The predicted octanol–water partition coefficient (Wildman–Crippen LogP) is 1.05. The third-order valence-electron chi connectivity index (χ3n) is 2.70. The largest absolute Gasteiger partial charge is 0.303 e. The van der Waals surface area contributed by atoms with Gasteiger partial charge < -0.3 is 4.90 Å². The first-order valence-corrected chi connectivity index (χ1v) is 7.01. The van der Waals surface area contributed by atoms with E-state index in [0.717, 1.165) is 12.8 Å². The minimum atomic E-state index is -3.09. The number of hydrogen-bond acceptors (Lipinski definition) is 3. The van der Waals surface area contributed by atoms with Gasteiger partial charge in [0.2, 0.25) is 10.0 Å². The number of sulfonamides is 1. The number of likely N-dealkylation sites (N-methyl/N-ethyl adjacent to an activating group) is 1. The van der Waals surface area contributed by atoms with Gasteiger partial charge in [-0.05, 0) is 34.4 Å². The molecule has 0 saturated carbocycles. The normalized spacial score (nSPS) is 13.5. The average molecular weight is 236 g/mol. The number of hydrogen-bond donors (Lipinski definition) is 1. The lowest BCUT2D eigenvalue weighted by Gasteiger charge is -2.32. The first-order chi connectivity index (χ1) is 6.71. The highest BCUT2D eigenvalue weighted by molar-refractivity contribution is 7.89. The minimum Gasteiger partial charge on any atom is -0.303 e. The molecular weight excluding hydrogens is 212 g/mol. The Balaban J connectivity index is 4.15. The van der Waals surface area contributed by atoms with Crippen LogP contribution in [-0.4, -0.2) is 45.2 Å². The Bertz CT molecular complexity index is 271. The fourth-order valence-electron chi connectivity index (χ4n) is 0.851. The molecule has 5 heteroatoms. The maximum atomic E-state index is 11.5. The topological polar surface area (TPSA) is 49.4 Å². The smallest absolute Gasteiger partial charge is 0.211 e. The maximum absolute atomic E-state index is 11.5. The molecule has 0 aromatic rings. The van der Waals surface area contributed by atoms with Gasteiger partial charge in [0.1, 0.15) is 0 Å². The van der Waals surface area contributed by atoms with Crippen LogP contribution in [0.3, 0.4) is 0 Å². The summed E-state index contributed by atoms with van der Waals surface area (Å²) < 4.78 is 25.7. The van der Waals surface area contributed by atoms with Crippen LogP contribution >= 0.6 is 0 Å². The summed E-state index contributed by atoms with van der Waals surface area (Å²) in [6.07, 6.45) is 1.62. The van der Waals surface area contributed by atoms with E-state index in [9.17, 15) is 8.42 Å². The van der Waals surface area contributed by atoms with Crippen LogP contribution in [-0.2, 0) is 10.0 Å². The predicted molar refractivity (Wildman–Crippen MR) is 64.5 cm³/mol. The van der Waals surface area contributed by atoms with Gasteiger partial charge in [0, 0.05) is 12.1 Å². The van der Waals surface area contributed by atoms with Crippen molar-refractivity contribution >= 4 is 10.0 Å². The number of nitrogens with zero attached hydrogens (tertiary/aromatic N) is 1. The van der Waals surface area contributed by atoms with Crippen molar-refractivity contribution in [1.29, 1.82) is 0 Å². The molecule has 0 aliphatic heterocycles. The van der Waals surface area contributed by atoms with E-state index in [1.54, 1.807) is 0 Å². The van der Waals surface area contributed by atoms with Gasteiger partial charge in [-0.1, -0.05) is 13.3 Å². The van der Waals surface area contributed by atoms with Gasteiger partial charge in [-0.2, -0.15) is 0 Å². The van der Waals surface area contributed by atoms with Gasteiger partial charge >= 0.3 is 0 Å². The van der Waals surface area contributed by atoms with E-state index in [1.807, 2.05) is 39.8 Å². The molecule has 0 saturated heterocycles. The Morgan fingerprint density at radius 3 is 2.20 bits per heavy atom. The van der Waals surface area contributed by atoms with Crippen LogP contribution in [0, 0.1) is 0 Å². The monoisotopic (exact) mass is 236 g/mol. The van der Waals surface area contributed by atoms with Crippen molar-refractivity contribution in [3.8, 4) is 0 Å². The van der Waals surface area contributed by atoms with E-state index in [-0.39, 0.29) is 11.3 Å². The Kier molecular flexibility index (Phi) is 5.77. The van der Waals surface area contributed by atoms with E-state index < -0.39 is 10.0 Å². The summed E-state index contributed by atoms with van der Waals surface area (Å²) >= 11 is 0. The van der Waals surface area contributed by atoms with Gasteiger partial charge in [0.05, 0.1) is 5.75 Å². The van der Waals surface area contributed by atoms with E-state index in [1.165, 1.54) is 0 Å². The fraction of sp³-hybridized carbons (Fsp3) is 1.00. The van der Waals surface area contributed by atoms with Gasteiger partial charge in [-0.15, -0.1) is 0 Å². The Morgan fingerprint density at radius 2 is 1.80 bits per heavy atom. The summed E-state index contributed by atoms with van der Waals surface area (Å²) in [5, 5.41) is 0. The molecule has 15 heavy (non-hydrogen) atoms. The van der Waals surface area contributed by atoms with Gasteiger partial charge in [-0.25, -0.2) is 13.1 Å². The molecule has 4 nitrogen and oxygen atoms in total. The van der Waals surface area contributed by atoms with E-state index in [4.69, 9.17) is 0 Å². The van der Waals surface area contributed by atoms with Crippen molar-refractivity contribution in [3.05, 3.63) is 0 Å². The zero-order valence-electron chi connectivity index (χ0n) is 10.5. The summed E-state index contributed by atoms with van der Waals surface area (Å²) in [7, 11) is 0.802. The zero-order valence-corrected chi connectivity index (χ0v) is 11.3. The van der Waals surface area contributed by atoms with Gasteiger partial charge in [-0.3, -0.25) is 0 Å². The molecule has 1 N–H and O–H groups in total. The van der Waals surface area contributed by atoms with E-state index >= 15 is 0 Å². The molecule has 0 unspecified atom stereocenters. The van der Waals surface area contributed by atoms with Crippen molar-refractivity contribution in [3.63, 3.8) is 0 Å². The quantitative estimate of drug-likeness (QED) is 0.719. The van der Waals surface area contributed by atoms with Crippen LogP contribution in [0.15, 0.2) is 0 Å². The second-order valence-electron chi connectivity index (χ2n) is 4.70. The molecular formula is C10H24N2O2S. The molecule has 0 spiro atoms. The van der Waals surface area contributed by atoms with Crippen LogP contribution in [0.25, 0.3) is 0 Å². The molecule has 0 heterocycles. The summed E-state index contributed by atoms with van der Waals surface area (Å²) in [5.41, 5.74) is -0.153. The van der Waals surface area contributed by atoms with E-state index in [0.29, 0.717) is 6.54 Å². The third-order valence-corrected chi connectivity index (χ3v) is 4.11.